The van der Waals surface area contributed by atoms with Gasteiger partial charge in [-0.1, -0.05) is 24.3 Å². The molecule has 2 aromatic carbocycles. The number of carbonyl (C=O) groups excluding carboxylic acids is 4. The molecule has 2 aromatic rings. The van der Waals surface area contributed by atoms with Crippen LogP contribution < -0.4 is 20.1 Å². The number of hydrogen-bond acceptors (Lipinski definition) is 6. The van der Waals surface area contributed by atoms with E-state index in [1.54, 1.807) is 42.5 Å². The van der Waals surface area contributed by atoms with Crippen molar-refractivity contribution >= 4 is 23.6 Å². The van der Waals surface area contributed by atoms with E-state index in [-0.39, 0.29) is 36.7 Å². The second-order valence-electron chi connectivity index (χ2n) is 7.01. The molecule has 4 amide bonds. The van der Waals surface area contributed by atoms with Crippen LogP contribution >= 0.6 is 0 Å². The quantitative estimate of drug-likeness (QED) is 0.427. The molecule has 0 aromatic heterocycles. The van der Waals surface area contributed by atoms with Gasteiger partial charge in [-0.15, -0.1) is 0 Å². The molecule has 0 saturated carbocycles. The van der Waals surface area contributed by atoms with Gasteiger partial charge in [0.1, 0.15) is 6.04 Å². The summed E-state index contributed by atoms with van der Waals surface area (Å²) in [5, 5.41) is 5.25. The number of amides is 4. The van der Waals surface area contributed by atoms with E-state index in [0.717, 1.165) is 4.90 Å². The molecule has 168 valence electrons. The molecule has 9 nitrogen and oxygen atoms in total. The number of rotatable bonds is 10. The molecule has 2 N–H and O–H groups in total. The van der Waals surface area contributed by atoms with E-state index in [2.05, 4.69) is 10.6 Å². The molecular weight excluding hydrogens is 414 g/mol. The van der Waals surface area contributed by atoms with Crippen molar-refractivity contribution in [3.05, 3.63) is 59.7 Å². The third-order valence-corrected chi connectivity index (χ3v) is 4.85. The number of hydrogen-bond donors (Lipinski definition) is 2. The zero-order valence-electron chi connectivity index (χ0n) is 17.9. The number of carbonyl (C=O) groups is 4. The van der Waals surface area contributed by atoms with Gasteiger partial charge in [-0.25, -0.2) is 0 Å². The first-order valence-electron chi connectivity index (χ1n) is 10.3. The second-order valence-corrected chi connectivity index (χ2v) is 7.01. The van der Waals surface area contributed by atoms with E-state index >= 15 is 0 Å². The molecule has 0 bridgehead atoms. The van der Waals surface area contributed by atoms with Crippen LogP contribution in [0.3, 0.4) is 0 Å². The van der Waals surface area contributed by atoms with Crippen molar-refractivity contribution in [3.8, 4) is 11.5 Å². The molecule has 0 aliphatic carbocycles. The summed E-state index contributed by atoms with van der Waals surface area (Å²) in [4.78, 5) is 50.3. The van der Waals surface area contributed by atoms with Gasteiger partial charge in [0.05, 0.1) is 17.7 Å². The highest BCUT2D eigenvalue weighted by atomic mass is 16.5. The monoisotopic (exact) mass is 439 g/mol. The first kappa shape index (κ1) is 22.8. The lowest BCUT2D eigenvalue weighted by molar-refractivity contribution is -0.125. The van der Waals surface area contributed by atoms with Gasteiger partial charge in [-0.3, -0.25) is 24.1 Å². The lowest BCUT2D eigenvalue weighted by Crippen LogP contribution is -2.49. The zero-order chi connectivity index (χ0) is 23.1. The highest BCUT2D eigenvalue weighted by molar-refractivity contribution is 6.22. The number of ether oxygens (including phenoxy) is 2. The van der Waals surface area contributed by atoms with Crippen LogP contribution in [0, 0.1) is 0 Å². The largest absolute Gasteiger partial charge is 0.490 e. The number of benzene rings is 2. The van der Waals surface area contributed by atoms with Crippen molar-refractivity contribution in [1.82, 2.24) is 15.5 Å². The Morgan fingerprint density at radius 3 is 2.00 bits per heavy atom. The number of imide groups is 1. The van der Waals surface area contributed by atoms with Gasteiger partial charge in [0.25, 0.3) is 17.7 Å². The van der Waals surface area contributed by atoms with Crippen LogP contribution in [0.1, 0.15) is 34.6 Å². The van der Waals surface area contributed by atoms with Crippen LogP contribution in [-0.4, -0.2) is 60.9 Å². The predicted octanol–water partition coefficient (Wildman–Crippen LogP) is 1.38. The number of nitrogens with one attached hydrogen (secondary N) is 2. The summed E-state index contributed by atoms with van der Waals surface area (Å²) in [5.41, 5.74) is 0.575. The van der Waals surface area contributed by atoms with Crippen LogP contribution in [0.2, 0.25) is 0 Å². The topological polar surface area (TPSA) is 114 Å². The van der Waals surface area contributed by atoms with Gasteiger partial charge in [0.15, 0.2) is 18.1 Å². The Morgan fingerprint density at radius 2 is 1.41 bits per heavy atom. The van der Waals surface area contributed by atoms with Crippen molar-refractivity contribution in [2.75, 3.05) is 26.3 Å². The predicted molar refractivity (Wildman–Crippen MR) is 116 cm³/mol. The van der Waals surface area contributed by atoms with E-state index in [1.165, 1.54) is 6.92 Å². The van der Waals surface area contributed by atoms with Crippen molar-refractivity contribution in [2.45, 2.75) is 19.9 Å². The smallest absolute Gasteiger partial charge is 0.262 e. The summed E-state index contributed by atoms with van der Waals surface area (Å²) < 4.78 is 10.9. The van der Waals surface area contributed by atoms with E-state index < -0.39 is 23.8 Å². The summed E-state index contributed by atoms with van der Waals surface area (Å²) in [6.45, 7) is 3.91. The van der Waals surface area contributed by atoms with Crippen molar-refractivity contribution in [3.63, 3.8) is 0 Å². The maximum Gasteiger partial charge on any atom is 0.262 e. The SMILES string of the molecule is CCOc1ccccc1OCC(=O)NCCNC(=O)C(C)N1C(=O)c2ccccc2C1=O. The molecular formula is C23H25N3O6. The van der Waals surface area contributed by atoms with Crippen molar-refractivity contribution in [1.29, 1.82) is 0 Å². The van der Waals surface area contributed by atoms with Gasteiger partial charge in [-0.05, 0) is 38.1 Å². The van der Waals surface area contributed by atoms with Crippen LogP contribution in [0.15, 0.2) is 48.5 Å². The minimum absolute atomic E-state index is 0.133. The van der Waals surface area contributed by atoms with Gasteiger partial charge in [-0.2, -0.15) is 0 Å². The van der Waals surface area contributed by atoms with Crippen LogP contribution in [0.5, 0.6) is 11.5 Å². The van der Waals surface area contributed by atoms with Gasteiger partial charge in [0.2, 0.25) is 5.91 Å². The molecule has 0 radical (unpaired) electrons. The van der Waals surface area contributed by atoms with Crippen LogP contribution in [0.4, 0.5) is 0 Å². The Hall–Kier alpha value is -3.88. The Kier molecular flexibility index (Phi) is 7.43. The Labute approximate surface area is 185 Å². The minimum Gasteiger partial charge on any atom is -0.490 e. The number of nitrogens with zero attached hydrogens (tertiary/aromatic N) is 1. The maximum atomic E-state index is 12.5. The van der Waals surface area contributed by atoms with Gasteiger partial charge < -0.3 is 20.1 Å². The fourth-order valence-electron chi connectivity index (χ4n) is 3.25. The highest BCUT2D eigenvalue weighted by Gasteiger charge is 2.40. The normalized spacial score (nSPS) is 13.4. The standard InChI is InChI=1S/C23H25N3O6/c1-3-31-18-10-6-7-11-19(18)32-14-20(27)24-12-13-25-21(28)15(2)26-22(29)16-8-4-5-9-17(16)23(26)30/h4-11,15H,3,12-14H2,1-2H3,(H,24,27)(H,25,28). The molecule has 1 atom stereocenters. The Bertz CT molecular complexity index is 987. The third-order valence-electron chi connectivity index (χ3n) is 4.85. The molecule has 3 rings (SSSR count). The van der Waals surface area contributed by atoms with Crippen molar-refractivity contribution < 1.29 is 28.7 Å². The van der Waals surface area contributed by atoms with Gasteiger partial charge >= 0.3 is 0 Å². The van der Waals surface area contributed by atoms with Gasteiger partial charge in [0, 0.05) is 13.1 Å². The maximum absolute atomic E-state index is 12.5. The summed E-state index contributed by atoms with van der Waals surface area (Å²) in [7, 11) is 0. The van der Waals surface area contributed by atoms with Crippen LogP contribution in [-0.2, 0) is 9.59 Å². The van der Waals surface area contributed by atoms with E-state index in [9.17, 15) is 19.2 Å². The molecule has 9 heteroatoms. The Balaban J connectivity index is 1.41. The first-order chi connectivity index (χ1) is 15.4. The lowest BCUT2D eigenvalue weighted by Gasteiger charge is -2.21. The minimum atomic E-state index is -0.975. The molecule has 1 unspecified atom stereocenters. The van der Waals surface area contributed by atoms with Crippen LogP contribution in [0.25, 0.3) is 0 Å². The summed E-state index contributed by atoms with van der Waals surface area (Å²) in [5.74, 6) is -0.823. The van der Waals surface area contributed by atoms with E-state index in [1.807, 2.05) is 13.0 Å². The number of para-hydroxylation sites is 2. The average molecular weight is 439 g/mol. The molecule has 1 aliphatic rings. The highest BCUT2D eigenvalue weighted by Crippen LogP contribution is 2.26. The summed E-state index contributed by atoms with van der Waals surface area (Å²) >= 11 is 0. The zero-order valence-corrected chi connectivity index (χ0v) is 17.9. The average Bonchev–Trinajstić information content (AvgIpc) is 3.06. The first-order valence-corrected chi connectivity index (χ1v) is 10.3. The third kappa shape index (κ3) is 5.05. The summed E-state index contributed by atoms with van der Waals surface area (Å²) in [6, 6.07) is 12.5. The molecule has 0 spiro atoms. The second kappa shape index (κ2) is 10.4. The fourth-order valence-corrected chi connectivity index (χ4v) is 3.25. The van der Waals surface area contributed by atoms with Crippen molar-refractivity contribution in [2.24, 2.45) is 0 Å². The van der Waals surface area contributed by atoms with E-state index in [0.29, 0.717) is 18.1 Å². The molecule has 0 fully saturated rings. The summed E-state index contributed by atoms with van der Waals surface area (Å²) in [6.07, 6.45) is 0. The molecule has 1 aliphatic heterocycles. The van der Waals surface area contributed by atoms with E-state index in [4.69, 9.17) is 9.47 Å². The molecule has 0 saturated heterocycles. The molecule has 32 heavy (non-hydrogen) atoms. The molecule has 1 heterocycles. The number of fused-ring (bicyclic) bond motifs is 1. The Morgan fingerprint density at radius 1 is 0.875 bits per heavy atom. The lowest BCUT2D eigenvalue weighted by atomic mass is 10.1. The fraction of sp³-hybridized carbons (Fsp3) is 0.304.